The van der Waals surface area contributed by atoms with Gasteiger partial charge in [-0.05, 0) is 13.0 Å². The van der Waals surface area contributed by atoms with E-state index in [0.29, 0.717) is 34.4 Å². The average Bonchev–Trinajstić information content (AvgIpc) is 3.18. The van der Waals surface area contributed by atoms with Crippen LogP contribution in [0.5, 0.6) is 0 Å². The topological polar surface area (TPSA) is 116 Å². The van der Waals surface area contributed by atoms with E-state index in [4.69, 9.17) is 4.52 Å². The smallest absolute Gasteiger partial charge is 0.329 e. The van der Waals surface area contributed by atoms with Crippen LogP contribution in [-0.4, -0.2) is 36.3 Å². The Hall–Kier alpha value is -4.22. The molecule has 4 amide bonds. The molecule has 36 heavy (non-hydrogen) atoms. The van der Waals surface area contributed by atoms with Crippen molar-refractivity contribution >= 4 is 40.8 Å². The molecule has 190 valence electrons. The lowest BCUT2D eigenvalue weighted by molar-refractivity contribution is 0.251. The fourth-order valence-electron chi connectivity index (χ4n) is 4.00. The van der Waals surface area contributed by atoms with E-state index in [1.54, 1.807) is 33.3 Å². The van der Waals surface area contributed by atoms with Gasteiger partial charge in [-0.3, -0.25) is 15.1 Å². The Kier molecular flexibility index (Phi) is 6.29. The lowest BCUT2D eigenvalue weighted by Gasteiger charge is -2.35. The third-order valence-electron chi connectivity index (χ3n) is 5.86. The Morgan fingerprint density at radius 3 is 2.47 bits per heavy atom. The Morgan fingerprint density at radius 1 is 1.11 bits per heavy atom. The number of rotatable bonds is 4. The molecule has 10 nitrogen and oxygen atoms in total. The molecule has 1 aliphatic rings. The fourth-order valence-corrected chi connectivity index (χ4v) is 4.00. The summed E-state index contributed by atoms with van der Waals surface area (Å²) >= 11 is 0. The molecule has 0 bridgehead atoms. The summed E-state index contributed by atoms with van der Waals surface area (Å²) in [7, 11) is 3.25. The number of anilines is 5. The first kappa shape index (κ1) is 24.9. The largest absolute Gasteiger partial charge is 0.373 e. The molecule has 0 fully saturated rings. The van der Waals surface area contributed by atoms with Crippen molar-refractivity contribution in [1.82, 2.24) is 10.1 Å². The summed E-state index contributed by atoms with van der Waals surface area (Å²) in [4.78, 5) is 32.4. The van der Waals surface area contributed by atoms with Gasteiger partial charge in [0.25, 0.3) is 0 Å². The van der Waals surface area contributed by atoms with E-state index < -0.39 is 23.7 Å². The molecule has 2 aromatic heterocycles. The molecule has 4 rings (SSSR count). The molecule has 0 unspecified atom stereocenters. The summed E-state index contributed by atoms with van der Waals surface area (Å²) < 4.78 is 34.6. The molecule has 3 N–H and O–H groups in total. The molecule has 0 saturated heterocycles. The summed E-state index contributed by atoms with van der Waals surface area (Å²) in [6, 6.07) is 2.06. The van der Waals surface area contributed by atoms with E-state index in [-0.39, 0.29) is 29.2 Å². The Labute approximate surface area is 206 Å². The first-order valence-corrected chi connectivity index (χ1v) is 11.2. The molecule has 12 heteroatoms. The minimum Gasteiger partial charge on any atom is -0.373 e. The molecular formula is C24H27F2N7O3. The molecule has 0 radical (unpaired) electrons. The number of halogens is 2. The predicted molar refractivity (Wildman–Crippen MR) is 133 cm³/mol. The highest BCUT2D eigenvalue weighted by atomic mass is 19.1. The van der Waals surface area contributed by atoms with E-state index in [9.17, 15) is 18.4 Å². The quantitative estimate of drug-likeness (QED) is 0.454. The fraction of sp³-hybridized carbons (Fsp3) is 0.333. The van der Waals surface area contributed by atoms with Gasteiger partial charge in [0, 0.05) is 49.0 Å². The number of benzene rings is 1. The number of amides is 4. The summed E-state index contributed by atoms with van der Waals surface area (Å²) in [5.74, 6) is -1.28. The lowest BCUT2D eigenvalue weighted by atomic mass is 9.90. The molecule has 1 aliphatic heterocycles. The standard InChI is InChI=1S/C24H27F2N7O3/c1-12-20(24(2,3)4)31-36-21(12)30-22(34)29-16-8-18(15(26)7-14(16)25)33-11-13-10-28-19(27-5)9-17(13)32(6)23(33)35/h7-10H,11H2,1-6H3,(H,27,28)(H2,29,30,34). The van der Waals surface area contributed by atoms with Gasteiger partial charge in [0.05, 0.1) is 29.3 Å². The minimum absolute atomic E-state index is 0.0104. The third kappa shape index (κ3) is 4.53. The van der Waals surface area contributed by atoms with Crippen molar-refractivity contribution in [3.63, 3.8) is 0 Å². The van der Waals surface area contributed by atoms with Gasteiger partial charge in [-0.15, -0.1) is 0 Å². The highest BCUT2D eigenvalue weighted by Gasteiger charge is 2.32. The molecule has 0 atom stereocenters. The number of urea groups is 2. The number of carbonyl (C=O) groups excluding carboxylic acids is 2. The van der Waals surface area contributed by atoms with Crippen LogP contribution < -0.4 is 25.8 Å². The van der Waals surface area contributed by atoms with Crippen molar-refractivity contribution in [2.75, 3.05) is 39.8 Å². The van der Waals surface area contributed by atoms with Crippen molar-refractivity contribution in [1.29, 1.82) is 0 Å². The van der Waals surface area contributed by atoms with E-state index >= 15 is 0 Å². The minimum atomic E-state index is -1.00. The van der Waals surface area contributed by atoms with Crippen LogP contribution in [0, 0.1) is 18.6 Å². The maximum atomic E-state index is 14.8. The van der Waals surface area contributed by atoms with Gasteiger partial charge < -0.3 is 15.2 Å². The van der Waals surface area contributed by atoms with Crippen LogP contribution in [-0.2, 0) is 12.0 Å². The number of nitrogens with zero attached hydrogens (tertiary/aromatic N) is 4. The number of nitrogens with one attached hydrogen (secondary N) is 3. The zero-order chi connectivity index (χ0) is 26.4. The molecule has 0 aliphatic carbocycles. The van der Waals surface area contributed by atoms with Crippen LogP contribution >= 0.6 is 0 Å². The SMILES string of the molecule is CNc1cc2c(cn1)CN(c1cc(NC(=O)Nc3onc(C(C)(C)C)c3C)c(F)cc1F)C(=O)N2C. The van der Waals surface area contributed by atoms with Gasteiger partial charge in [0.2, 0.25) is 5.88 Å². The highest BCUT2D eigenvalue weighted by Crippen LogP contribution is 2.35. The van der Waals surface area contributed by atoms with Gasteiger partial charge in [-0.25, -0.2) is 23.4 Å². The van der Waals surface area contributed by atoms with Crippen LogP contribution in [0.4, 0.5) is 47.1 Å². The Morgan fingerprint density at radius 2 is 1.83 bits per heavy atom. The maximum absolute atomic E-state index is 14.8. The second-order valence-corrected chi connectivity index (χ2v) is 9.47. The van der Waals surface area contributed by atoms with E-state index in [1.807, 2.05) is 20.8 Å². The normalized spacial score (nSPS) is 13.5. The molecule has 3 heterocycles. The van der Waals surface area contributed by atoms with Crippen molar-refractivity contribution < 1.29 is 22.9 Å². The first-order chi connectivity index (χ1) is 16.9. The van der Waals surface area contributed by atoms with Crippen LogP contribution in [0.25, 0.3) is 0 Å². The molecular weight excluding hydrogens is 472 g/mol. The van der Waals surface area contributed by atoms with Crippen LogP contribution in [0.1, 0.15) is 37.6 Å². The number of aromatic nitrogens is 2. The number of pyridine rings is 1. The second-order valence-electron chi connectivity index (χ2n) is 9.47. The van der Waals surface area contributed by atoms with Crippen molar-refractivity contribution in [3.05, 3.63) is 52.9 Å². The van der Waals surface area contributed by atoms with E-state index in [0.717, 1.165) is 11.0 Å². The van der Waals surface area contributed by atoms with Gasteiger partial charge in [-0.2, -0.15) is 0 Å². The number of hydrogen-bond donors (Lipinski definition) is 3. The summed E-state index contributed by atoms with van der Waals surface area (Å²) in [6.07, 6.45) is 1.58. The van der Waals surface area contributed by atoms with Gasteiger partial charge in [0.1, 0.15) is 17.5 Å². The lowest BCUT2D eigenvalue weighted by Crippen LogP contribution is -2.45. The monoisotopic (exact) mass is 499 g/mol. The Bertz CT molecular complexity index is 1350. The first-order valence-electron chi connectivity index (χ1n) is 11.2. The number of carbonyl (C=O) groups is 2. The molecule has 0 spiro atoms. The zero-order valence-electron chi connectivity index (χ0n) is 20.8. The number of hydrogen-bond acceptors (Lipinski definition) is 6. The van der Waals surface area contributed by atoms with Crippen molar-refractivity contribution in [2.45, 2.75) is 39.7 Å². The van der Waals surface area contributed by atoms with E-state index in [1.165, 1.54) is 4.90 Å². The summed E-state index contributed by atoms with van der Waals surface area (Å²) in [6.45, 7) is 7.60. The van der Waals surface area contributed by atoms with Crippen molar-refractivity contribution in [2.24, 2.45) is 0 Å². The van der Waals surface area contributed by atoms with Gasteiger partial charge >= 0.3 is 12.1 Å². The highest BCUT2D eigenvalue weighted by molar-refractivity contribution is 6.06. The van der Waals surface area contributed by atoms with Crippen molar-refractivity contribution in [3.8, 4) is 0 Å². The average molecular weight is 500 g/mol. The Balaban J connectivity index is 1.59. The summed E-state index contributed by atoms with van der Waals surface area (Å²) in [5.41, 5.74) is 1.76. The van der Waals surface area contributed by atoms with Crippen LogP contribution in [0.15, 0.2) is 28.9 Å². The van der Waals surface area contributed by atoms with E-state index in [2.05, 4.69) is 26.1 Å². The zero-order valence-corrected chi connectivity index (χ0v) is 20.8. The maximum Gasteiger partial charge on any atom is 0.329 e. The van der Waals surface area contributed by atoms with Gasteiger partial charge in [0.15, 0.2) is 0 Å². The number of fused-ring (bicyclic) bond motifs is 1. The second kappa shape index (κ2) is 9.10. The molecule has 1 aromatic carbocycles. The third-order valence-corrected chi connectivity index (χ3v) is 5.86. The molecule has 0 saturated carbocycles. The predicted octanol–water partition coefficient (Wildman–Crippen LogP) is 5.22. The summed E-state index contributed by atoms with van der Waals surface area (Å²) in [5, 5.41) is 11.7. The van der Waals surface area contributed by atoms with Crippen LogP contribution in [0.3, 0.4) is 0 Å². The van der Waals surface area contributed by atoms with Crippen LogP contribution in [0.2, 0.25) is 0 Å². The molecule has 3 aromatic rings. The van der Waals surface area contributed by atoms with Gasteiger partial charge in [-0.1, -0.05) is 25.9 Å².